The number of ether oxygens (including phenoxy) is 1. The highest BCUT2D eigenvalue weighted by Gasteiger charge is 2.16. The lowest BCUT2D eigenvalue weighted by atomic mass is 10.1. The van der Waals surface area contributed by atoms with Gasteiger partial charge >= 0.3 is 0 Å². The third-order valence-corrected chi connectivity index (χ3v) is 3.48. The number of methoxy groups -OCH3 is 1. The van der Waals surface area contributed by atoms with Crippen molar-refractivity contribution in [3.05, 3.63) is 59.4 Å². The molecule has 0 spiro atoms. The van der Waals surface area contributed by atoms with E-state index in [1.165, 1.54) is 0 Å². The first-order valence-corrected chi connectivity index (χ1v) is 7.23. The summed E-state index contributed by atoms with van der Waals surface area (Å²) in [6.07, 6.45) is 0. The highest BCUT2D eigenvalue weighted by Crippen LogP contribution is 2.24. The lowest BCUT2D eigenvalue weighted by Gasteiger charge is -2.17. The average Bonchev–Trinajstić information content (AvgIpc) is 2.60. The Morgan fingerprint density at radius 2 is 1.83 bits per heavy atom. The van der Waals surface area contributed by atoms with Gasteiger partial charge < -0.3 is 15.4 Å². The highest BCUT2D eigenvalue weighted by molar-refractivity contribution is 5.92. The summed E-state index contributed by atoms with van der Waals surface area (Å²) in [7, 11) is 1.55. The fourth-order valence-corrected chi connectivity index (χ4v) is 2.20. The average molecular weight is 338 g/mol. The van der Waals surface area contributed by atoms with Crippen molar-refractivity contribution in [3.8, 4) is 5.75 Å². The van der Waals surface area contributed by atoms with E-state index in [0.29, 0.717) is 5.75 Å². The molecule has 0 aliphatic heterocycles. The molecule has 0 fully saturated rings. The van der Waals surface area contributed by atoms with E-state index in [-0.39, 0.29) is 12.6 Å². The van der Waals surface area contributed by atoms with Crippen molar-refractivity contribution < 1.29 is 22.7 Å². The number of carbonyl (C=O) groups is 1. The van der Waals surface area contributed by atoms with Gasteiger partial charge in [0, 0.05) is 11.6 Å². The van der Waals surface area contributed by atoms with Crippen LogP contribution in [0.5, 0.6) is 5.75 Å². The van der Waals surface area contributed by atoms with Crippen molar-refractivity contribution >= 4 is 11.6 Å². The van der Waals surface area contributed by atoms with Gasteiger partial charge in [0.2, 0.25) is 5.91 Å². The molecule has 0 aromatic heterocycles. The third-order valence-electron chi connectivity index (χ3n) is 3.48. The number of hydrogen-bond acceptors (Lipinski definition) is 3. The van der Waals surface area contributed by atoms with Gasteiger partial charge in [-0.15, -0.1) is 0 Å². The fraction of sp³-hybridized carbons (Fsp3) is 0.235. The molecule has 2 rings (SSSR count). The van der Waals surface area contributed by atoms with Crippen LogP contribution in [0.25, 0.3) is 0 Å². The van der Waals surface area contributed by atoms with Crippen LogP contribution in [0.2, 0.25) is 0 Å². The van der Waals surface area contributed by atoms with Gasteiger partial charge in [0.15, 0.2) is 17.5 Å². The van der Waals surface area contributed by atoms with Crippen molar-refractivity contribution in [2.45, 2.75) is 13.0 Å². The standard InChI is InChI=1S/C17H17F3N2O2/c1-10(11-5-3-4-6-14(11)24-2)21-9-15(23)22-13-8-7-12(18)16(19)17(13)20/h3-8,10,21H,9H2,1-2H3,(H,22,23). The normalized spacial score (nSPS) is 11.9. The lowest BCUT2D eigenvalue weighted by molar-refractivity contribution is -0.115. The van der Waals surface area contributed by atoms with Crippen LogP contribution in [0.3, 0.4) is 0 Å². The van der Waals surface area contributed by atoms with Crippen LogP contribution < -0.4 is 15.4 Å². The van der Waals surface area contributed by atoms with Crippen LogP contribution in [0.1, 0.15) is 18.5 Å². The molecule has 1 atom stereocenters. The molecule has 0 heterocycles. The topological polar surface area (TPSA) is 50.4 Å². The van der Waals surface area contributed by atoms with Gasteiger partial charge in [-0.25, -0.2) is 13.2 Å². The van der Waals surface area contributed by atoms with Gasteiger partial charge in [-0.1, -0.05) is 18.2 Å². The molecule has 2 N–H and O–H groups in total. The summed E-state index contributed by atoms with van der Waals surface area (Å²) in [6.45, 7) is 1.70. The van der Waals surface area contributed by atoms with Crippen LogP contribution in [0.15, 0.2) is 36.4 Å². The zero-order chi connectivity index (χ0) is 17.7. The Bertz CT molecular complexity index is 738. The number of benzene rings is 2. The summed E-state index contributed by atoms with van der Waals surface area (Å²) < 4.78 is 44.7. The van der Waals surface area contributed by atoms with E-state index in [1.54, 1.807) is 13.2 Å². The first-order valence-electron chi connectivity index (χ1n) is 7.23. The maximum Gasteiger partial charge on any atom is 0.238 e. The Hall–Kier alpha value is -2.54. The first-order chi connectivity index (χ1) is 11.4. The molecule has 0 radical (unpaired) electrons. The molecule has 0 saturated heterocycles. The minimum atomic E-state index is -1.62. The number of para-hydroxylation sites is 1. The van der Waals surface area contributed by atoms with Gasteiger partial charge in [0.25, 0.3) is 0 Å². The number of carbonyl (C=O) groups excluding carboxylic acids is 1. The van der Waals surface area contributed by atoms with Crippen molar-refractivity contribution in [1.29, 1.82) is 0 Å². The summed E-state index contributed by atoms with van der Waals surface area (Å²) in [5, 5.41) is 5.16. The Morgan fingerprint density at radius 1 is 1.12 bits per heavy atom. The molecule has 0 aliphatic carbocycles. The second-order valence-corrected chi connectivity index (χ2v) is 5.12. The lowest BCUT2D eigenvalue weighted by Crippen LogP contribution is -2.30. The van der Waals surface area contributed by atoms with E-state index in [2.05, 4.69) is 10.6 Å². The van der Waals surface area contributed by atoms with E-state index in [1.807, 2.05) is 25.1 Å². The molecule has 2 aromatic rings. The van der Waals surface area contributed by atoms with Gasteiger partial charge in [-0.3, -0.25) is 4.79 Å². The number of hydrogen-bond donors (Lipinski definition) is 2. The zero-order valence-corrected chi connectivity index (χ0v) is 13.2. The molecule has 7 heteroatoms. The Morgan fingerprint density at radius 3 is 2.54 bits per heavy atom. The van der Waals surface area contributed by atoms with Crippen LogP contribution >= 0.6 is 0 Å². The van der Waals surface area contributed by atoms with Crippen LogP contribution in [0, 0.1) is 17.5 Å². The SMILES string of the molecule is COc1ccccc1C(C)NCC(=O)Nc1ccc(F)c(F)c1F. The number of nitrogens with one attached hydrogen (secondary N) is 2. The van der Waals surface area contributed by atoms with Gasteiger partial charge in [-0.05, 0) is 25.1 Å². The molecule has 0 saturated carbocycles. The van der Waals surface area contributed by atoms with E-state index >= 15 is 0 Å². The number of rotatable bonds is 6. The molecular weight excluding hydrogens is 321 g/mol. The Kier molecular flexibility index (Phi) is 5.81. The Labute approximate surface area is 137 Å². The maximum atomic E-state index is 13.5. The minimum absolute atomic E-state index is 0.141. The molecule has 128 valence electrons. The predicted octanol–water partition coefficient (Wildman–Crippen LogP) is 3.40. The van der Waals surface area contributed by atoms with Crippen molar-refractivity contribution in [3.63, 3.8) is 0 Å². The Balaban J connectivity index is 1.97. The molecule has 0 bridgehead atoms. The number of halogens is 3. The van der Waals surface area contributed by atoms with Crippen LogP contribution in [-0.2, 0) is 4.79 Å². The molecule has 1 unspecified atom stereocenters. The van der Waals surface area contributed by atoms with E-state index in [0.717, 1.165) is 17.7 Å². The number of anilines is 1. The fourth-order valence-electron chi connectivity index (χ4n) is 2.20. The summed E-state index contributed by atoms with van der Waals surface area (Å²) in [5.74, 6) is -4.27. The van der Waals surface area contributed by atoms with E-state index in [4.69, 9.17) is 4.74 Å². The molecular formula is C17H17F3N2O2. The van der Waals surface area contributed by atoms with E-state index in [9.17, 15) is 18.0 Å². The summed E-state index contributed by atoms with van der Waals surface area (Å²) >= 11 is 0. The van der Waals surface area contributed by atoms with Gasteiger partial charge in [0.1, 0.15) is 5.75 Å². The van der Waals surface area contributed by atoms with Gasteiger partial charge in [-0.2, -0.15) is 0 Å². The number of amides is 1. The summed E-state index contributed by atoms with van der Waals surface area (Å²) in [5.41, 5.74) is 0.442. The monoisotopic (exact) mass is 338 g/mol. The smallest absolute Gasteiger partial charge is 0.238 e. The quantitative estimate of drug-likeness (QED) is 0.794. The molecule has 24 heavy (non-hydrogen) atoms. The minimum Gasteiger partial charge on any atom is -0.496 e. The van der Waals surface area contributed by atoms with Crippen molar-refractivity contribution in [2.24, 2.45) is 0 Å². The van der Waals surface area contributed by atoms with Gasteiger partial charge in [0.05, 0.1) is 19.3 Å². The summed E-state index contributed by atoms with van der Waals surface area (Å²) in [6, 6.07) is 8.82. The second kappa shape index (κ2) is 7.83. The largest absolute Gasteiger partial charge is 0.496 e. The molecule has 0 aliphatic rings. The summed E-state index contributed by atoms with van der Waals surface area (Å²) in [4.78, 5) is 11.9. The van der Waals surface area contributed by atoms with Crippen molar-refractivity contribution in [1.82, 2.24) is 5.32 Å². The van der Waals surface area contributed by atoms with E-state index < -0.39 is 29.0 Å². The molecule has 4 nitrogen and oxygen atoms in total. The maximum absolute atomic E-state index is 13.5. The third kappa shape index (κ3) is 4.05. The van der Waals surface area contributed by atoms with Crippen molar-refractivity contribution in [2.75, 3.05) is 19.0 Å². The highest BCUT2D eigenvalue weighted by atomic mass is 19.2. The molecule has 1 amide bonds. The first kappa shape index (κ1) is 17.8. The van der Waals surface area contributed by atoms with Crippen LogP contribution in [-0.4, -0.2) is 19.6 Å². The zero-order valence-electron chi connectivity index (χ0n) is 13.2. The molecule has 2 aromatic carbocycles. The second-order valence-electron chi connectivity index (χ2n) is 5.12. The van der Waals surface area contributed by atoms with Crippen LogP contribution in [0.4, 0.5) is 18.9 Å². The predicted molar refractivity (Wildman–Crippen MR) is 84.4 cm³/mol.